The summed E-state index contributed by atoms with van der Waals surface area (Å²) in [6.07, 6.45) is -5.16. The fraction of sp³-hybridized carbons (Fsp3) is 0.400. The smallest absolute Gasteiger partial charge is 0.425 e. The van der Waals surface area contributed by atoms with Gasteiger partial charge in [0.25, 0.3) is 0 Å². The minimum absolute atomic E-state index is 0.164. The van der Waals surface area contributed by atoms with Gasteiger partial charge in [-0.25, -0.2) is 0 Å². The Hall–Kier alpha value is -2.26. The van der Waals surface area contributed by atoms with Gasteiger partial charge in [-0.2, -0.15) is 13.2 Å². The number of alkyl halides is 3. The van der Waals surface area contributed by atoms with Gasteiger partial charge in [0.15, 0.2) is 0 Å². The second kappa shape index (κ2) is 6.70. The third kappa shape index (κ3) is 3.62. The van der Waals surface area contributed by atoms with Gasteiger partial charge < -0.3 is 24.4 Å². The average Bonchev–Trinajstić information content (AvgIpc) is 3.14. The van der Waals surface area contributed by atoms with Crippen LogP contribution >= 0.6 is 0 Å². The van der Waals surface area contributed by atoms with E-state index in [9.17, 15) is 28.2 Å². The molecule has 0 bridgehead atoms. The SMILES string of the molecule is Cc1ccc(C(O)(CC(=O)NC(CO)c2ccco2)C(F)(F)F)o1. The molecule has 0 aliphatic carbocycles. The van der Waals surface area contributed by atoms with Crippen LogP contribution in [0, 0.1) is 6.92 Å². The predicted octanol–water partition coefficient (Wildman–Crippen LogP) is 2.17. The van der Waals surface area contributed by atoms with Crippen LogP contribution in [0.3, 0.4) is 0 Å². The van der Waals surface area contributed by atoms with Crippen LogP contribution in [-0.4, -0.2) is 28.9 Å². The molecule has 24 heavy (non-hydrogen) atoms. The zero-order valence-corrected chi connectivity index (χ0v) is 12.6. The highest BCUT2D eigenvalue weighted by molar-refractivity contribution is 5.77. The molecule has 2 rings (SSSR count). The van der Waals surface area contributed by atoms with Gasteiger partial charge >= 0.3 is 6.18 Å². The second-order valence-corrected chi connectivity index (χ2v) is 5.26. The minimum atomic E-state index is -5.13. The van der Waals surface area contributed by atoms with Crippen LogP contribution in [0.25, 0.3) is 0 Å². The normalized spacial score (nSPS) is 15.8. The molecule has 132 valence electrons. The second-order valence-electron chi connectivity index (χ2n) is 5.26. The highest BCUT2D eigenvalue weighted by Gasteiger charge is 2.58. The summed E-state index contributed by atoms with van der Waals surface area (Å²) in [5.41, 5.74) is -3.48. The van der Waals surface area contributed by atoms with Crippen LogP contribution in [0.15, 0.2) is 39.4 Å². The fourth-order valence-corrected chi connectivity index (χ4v) is 2.16. The van der Waals surface area contributed by atoms with E-state index in [4.69, 9.17) is 8.83 Å². The standard InChI is InChI=1S/C15H16F3NO5/c1-9-4-5-12(24-9)14(22,15(16,17)18)7-13(21)19-10(8-20)11-3-2-6-23-11/h2-6,10,20,22H,7-8H2,1H3,(H,19,21). The maximum Gasteiger partial charge on any atom is 0.425 e. The molecule has 2 aromatic rings. The molecule has 9 heteroatoms. The molecule has 0 aromatic carbocycles. The Morgan fingerprint density at radius 3 is 2.50 bits per heavy atom. The summed E-state index contributed by atoms with van der Waals surface area (Å²) in [6, 6.07) is 4.15. The molecule has 0 saturated carbocycles. The maximum absolute atomic E-state index is 13.3. The van der Waals surface area contributed by atoms with Gasteiger partial charge in [-0.05, 0) is 31.2 Å². The third-order valence-electron chi connectivity index (χ3n) is 3.44. The Labute approximate surface area is 134 Å². The number of amides is 1. The number of carbonyl (C=O) groups excluding carboxylic acids is 1. The van der Waals surface area contributed by atoms with Gasteiger partial charge in [0.05, 0.1) is 19.3 Å². The lowest BCUT2D eigenvalue weighted by atomic mass is 9.95. The number of furan rings is 2. The maximum atomic E-state index is 13.3. The zero-order valence-electron chi connectivity index (χ0n) is 12.6. The molecular weight excluding hydrogens is 331 g/mol. The van der Waals surface area contributed by atoms with Gasteiger partial charge in [-0.15, -0.1) is 0 Å². The summed E-state index contributed by atoms with van der Waals surface area (Å²) < 4.78 is 49.7. The van der Waals surface area contributed by atoms with Crippen LogP contribution in [0.2, 0.25) is 0 Å². The summed E-state index contributed by atoms with van der Waals surface area (Å²) in [6.45, 7) is 0.836. The molecule has 2 atom stereocenters. The predicted molar refractivity (Wildman–Crippen MR) is 74.7 cm³/mol. The highest BCUT2D eigenvalue weighted by Crippen LogP contribution is 2.42. The number of nitrogens with one attached hydrogen (secondary N) is 1. The summed E-state index contributed by atoms with van der Waals surface area (Å²) in [5.74, 6) is -1.56. The van der Waals surface area contributed by atoms with Gasteiger partial charge in [-0.1, -0.05) is 0 Å². The molecule has 0 fully saturated rings. The van der Waals surface area contributed by atoms with Crippen molar-refractivity contribution in [1.82, 2.24) is 5.32 Å². The van der Waals surface area contributed by atoms with Crippen molar-refractivity contribution in [1.29, 1.82) is 0 Å². The quantitative estimate of drug-likeness (QED) is 0.744. The van der Waals surface area contributed by atoms with E-state index in [2.05, 4.69) is 5.32 Å². The van der Waals surface area contributed by atoms with Crippen LogP contribution in [0.5, 0.6) is 0 Å². The Bertz CT molecular complexity index is 680. The number of hydrogen-bond donors (Lipinski definition) is 3. The molecule has 0 radical (unpaired) electrons. The summed E-state index contributed by atoms with van der Waals surface area (Å²) in [5, 5.41) is 21.5. The molecule has 2 unspecified atom stereocenters. The van der Waals surface area contributed by atoms with E-state index in [-0.39, 0.29) is 11.5 Å². The number of aryl methyl sites for hydroxylation is 1. The number of carbonyl (C=O) groups is 1. The van der Waals surface area contributed by atoms with E-state index in [1.807, 2.05) is 0 Å². The van der Waals surface area contributed by atoms with E-state index in [0.29, 0.717) is 0 Å². The molecule has 0 saturated heterocycles. The average molecular weight is 347 g/mol. The van der Waals surface area contributed by atoms with Crippen LogP contribution < -0.4 is 5.32 Å². The summed E-state index contributed by atoms with van der Waals surface area (Å²) in [4.78, 5) is 12.0. The lowest BCUT2D eigenvalue weighted by molar-refractivity contribution is -0.273. The monoisotopic (exact) mass is 347 g/mol. The van der Waals surface area contributed by atoms with Crippen molar-refractivity contribution in [2.75, 3.05) is 6.61 Å². The van der Waals surface area contributed by atoms with Crippen LogP contribution in [0.1, 0.15) is 29.7 Å². The van der Waals surface area contributed by atoms with Gasteiger partial charge in [0, 0.05) is 0 Å². The van der Waals surface area contributed by atoms with E-state index in [1.165, 1.54) is 31.4 Å². The topological polar surface area (TPSA) is 95.8 Å². The number of halogens is 3. The molecule has 3 N–H and O–H groups in total. The van der Waals surface area contributed by atoms with Crippen molar-refractivity contribution >= 4 is 5.91 Å². The van der Waals surface area contributed by atoms with Crippen LogP contribution in [-0.2, 0) is 10.4 Å². The first-order chi connectivity index (χ1) is 11.2. The van der Waals surface area contributed by atoms with E-state index < -0.39 is 42.5 Å². The first kappa shape index (κ1) is 18.1. The largest absolute Gasteiger partial charge is 0.467 e. The zero-order chi connectivity index (χ0) is 18.0. The minimum Gasteiger partial charge on any atom is -0.467 e. The Morgan fingerprint density at radius 2 is 2.04 bits per heavy atom. The van der Waals surface area contributed by atoms with E-state index in [0.717, 1.165) is 6.07 Å². The van der Waals surface area contributed by atoms with Crippen molar-refractivity contribution in [3.63, 3.8) is 0 Å². The molecule has 0 aliphatic rings. The molecule has 6 nitrogen and oxygen atoms in total. The fourth-order valence-electron chi connectivity index (χ4n) is 2.16. The Kier molecular flexibility index (Phi) is 5.05. The first-order valence-electron chi connectivity index (χ1n) is 6.97. The number of hydrogen-bond acceptors (Lipinski definition) is 5. The van der Waals surface area contributed by atoms with Gasteiger partial charge in [0.1, 0.15) is 23.3 Å². The highest BCUT2D eigenvalue weighted by atomic mass is 19.4. The van der Waals surface area contributed by atoms with Gasteiger partial charge in [-0.3, -0.25) is 4.79 Å². The van der Waals surface area contributed by atoms with Crippen LogP contribution in [0.4, 0.5) is 13.2 Å². The molecule has 0 aliphatic heterocycles. The lowest BCUT2D eigenvalue weighted by Crippen LogP contribution is -2.46. The first-order valence-corrected chi connectivity index (χ1v) is 6.97. The molecule has 2 heterocycles. The van der Waals surface area contributed by atoms with E-state index in [1.54, 1.807) is 0 Å². The third-order valence-corrected chi connectivity index (χ3v) is 3.44. The number of rotatable bonds is 6. The van der Waals surface area contributed by atoms with Crippen molar-refractivity contribution in [3.05, 3.63) is 47.8 Å². The molecule has 2 aromatic heterocycles. The summed E-state index contributed by atoms with van der Waals surface area (Å²) >= 11 is 0. The van der Waals surface area contributed by atoms with Crippen molar-refractivity contribution in [2.45, 2.75) is 31.2 Å². The van der Waals surface area contributed by atoms with Crippen molar-refractivity contribution < 1.29 is 37.0 Å². The Morgan fingerprint density at radius 1 is 1.33 bits per heavy atom. The number of aliphatic hydroxyl groups is 2. The van der Waals surface area contributed by atoms with Crippen molar-refractivity contribution in [3.8, 4) is 0 Å². The Balaban J connectivity index is 2.19. The van der Waals surface area contributed by atoms with Crippen molar-refractivity contribution in [2.24, 2.45) is 0 Å². The molecular formula is C15H16F3NO5. The van der Waals surface area contributed by atoms with Gasteiger partial charge in [0.2, 0.25) is 11.5 Å². The lowest BCUT2D eigenvalue weighted by Gasteiger charge is -2.28. The molecule has 1 amide bonds. The summed E-state index contributed by atoms with van der Waals surface area (Å²) in [7, 11) is 0. The van der Waals surface area contributed by atoms with E-state index >= 15 is 0 Å². The molecule has 0 spiro atoms. The number of aliphatic hydroxyl groups excluding tert-OH is 1.